The van der Waals surface area contributed by atoms with E-state index in [-0.39, 0.29) is 5.43 Å². The van der Waals surface area contributed by atoms with Gasteiger partial charge in [-0.3, -0.25) is 9.78 Å². The summed E-state index contributed by atoms with van der Waals surface area (Å²) in [5.41, 5.74) is 2.49. The highest BCUT2D eigenvalue weighted by molar-refractivity contribution is 5.78. The quantitative estimate of drug-likeness (QED) is 0.330. The first kappa shape index (κ1) is 20.8. The maximum absolute atomic E-state index is 12.3. The monoisotopic (exact) mass is 415 g/mol. The predicted octanol–water partition coefficient (Wildman–Crippen LogP) is 5.27. The molecule has 0 N–H and O–H groups in total. The Morgan fingerprint density at radius 2 is 1.68 bits per heavy atom. The molecule has 0 unspecified atom stereocenters. The molecule has 2 heterocycles. The molecule has 5 nitrogen and oxygen atoms in total. The van der Waals surface area contributed by atoms with E-state index in [1.165, 1.54) is 6.07 Å². The molecule has 0 atom stereocenters. The fourth-order valence-corrected chi connectivity index (χ4v) is 3.34. The number of fused-ring (bicyclic) bond motifs is 1. The number of rotatable bonds is 10. The molecule has 31 heavy (non-hydrogen) atoms. The van der Waals surface area contributed by atoms with Gasteiger partial charge >= 0.3 is 0 Å². The number of benzene rings is 2. The summed E-state index contributed by atoms with van der Waals surface area (Å²) in [5, 5.41) is 0.586. The van der Waals surface area contributed by atoms with Gasteiger partial charge in [0.15, 0.2) is 5.43 Å². The van der Waals surface area contributed by atoms with Crippen molar-refractivity contribution in [1.29, 1.82) is 0 Å². The second-order valence-corrected chi connectivity index (χ2v) is 7.23. The van der Waals surface area contributed by atoms with Crippen molar-refractivity contribution >= 4 is 11.0 Å². The average Bonchev–Trinajstić information content (AvgIpc) is 2.82. The van der Waals surface area contributed by atoms with E-state index in [0.29, 0.717) is 29.9 Å². The molecule has 0 radical (unpaired) electrons. The predicted molar refractivity (Wildman–Crippen MR) is 121 cm³/mol. The Morgan fingerprint density at radius 1 is 0.839 bits per heavy atom. The lowest BCUT2D eigenvalue weighted by Gasteiger charge is -2.08. The summed E-state index contributed by atoms with van der Waals surface area (Å²) in [6, 6.07) is 22.3. The van der Waals surface area contributed by atoms with Crippen molar-refractivity contribution in [1.82, 2.24) is 4.98 Å². The standard InChI is InChI=1S/C26H25NO4/c28-24-19-26(31-25-10-2-1-9-23(24)25)20-11-13-22(14-12-20)30-18-17-29-16-6-4-8-21-7-3-5-15-27-21/h1-3,5,7,9-15,19H,4,6,8,16-18H2. The Hall–Kier alpha value is -3.44. The van der Waals surface area contributed by atoms with Gasteiger partial charge in [-0.2, -0.15) is 0 Å². The summed E-state index contributed by atoms with van der Waals surface area (Å²) in [6.45, 7) is 1.76. The topological polar surface area (TPSA) is 61.6 Å². The zero-order valence-corrected chi connectivity index (χ0v) is 17.3. The zero-order chi connectivity index (χ0) is 21.3. The lowest BCUT2D eigenvalue weighted by Crippen LogP contribution is -2.07. The molecule has 4 aromatic rings. The van der Waals surface area contributed by atoms with Gasteiger partial charge in [0, 0.05) is 30.1 Å². The van der Waals surface area contributed by atoms with Gasteiger partial charge in [-0.15, -0.1) is 0 Å². The van der Waals surface area contributed by atoms with E-state index in [0.717, 1.165) is 42.9 Å². The van der Waals surface area contributed by atoms with Crippen molar-refractivity contribution < 1.29 is 13.9 Å². The van der Waals surface area contributed by atoms with Crippen LogP contribution in [0, 0.1) is 0 Å². The summed E-state index contributed by atoms with van der Waals surface area (Å²) in [6.07, 6.45) is 4.87. The number of para-hydroxylation sites is 1. The molecular formula is C26H25NO4. The largest absolute Gasteiger partial charge is 0.491 e. The van der Waals surface area contributed by atoms with Gasteiger partial charge in [-0.25, -0.2) is 0 Å². The van der Waals surface area contributed by atoms with Gasteiger partial charge in [-0.05, 0) is 67.8 Å². The van der Waals surface area contributed by atoms with Crippen LogP contribution < -0.4 is 10.2 Å². The molecule has 0 amide bonds. The first-order valence-electron chi connectivity index (χ1n) is 10.5. The van der Waals surface area contributed by atoms with E-state index in [1.54, 1.807) is 12.1 Å². The van der Waals surface area contributed by atoms with Crippen molar-refractivity contribution in [2.75, 3.05) is 19.8 Å². The Balaban J connectivity index is 1.19. The normalized spacial score (nSPS) is 11.0. The second kappa shape index (κ2) is 10.5. The van der Waals surface area contributed by atoms with Gasteiger partial charge in [0.1, 0.15) is 23.7 Å². The van der Waals surface area contributed by atoms with E-state index in [9.17, 15) is 4.79 Å². The number of pyridine rings is 1. The highest BCUT2D eigenvalue weighted by Crippen LogP contribution is 2.24. The van der Waals surface area contributed by atoms with Crippen LogP contribution in [0.4, 0.5) is 0 Å². The van der Waals surface area contributed by atoms with Gasteiger partial charge in [0.25, 0.3) is 0 Å². The van der Waals surface area contributed by atoms with E-state index in [4.69, 9.17) is 13.9 Å². The molecule has 0 aliphatic carbocycles. The number of ether oxygens (including phenoxy) is 2. The molecule has 2 aromatic carbocycles. The van der Waals surface area contributed by atoms with Gasteiger partial charge in [-0.1, -0.05) is 18.2 Å². The molecule has 158 valence electrons. The number of aromatic nitrogens is 1. The van der Waals surface area contributed by atoms with Crippen LogP contribution in [0.1, 0.15) is 18.5 Å². The van der Waals surface area contributed by atoms with Crippen LogP contribution in [0.25, 0.3) is 22.3 Å². The molecule has 0 aliphatic rings. The number of hydrogen-bond acceptors (Lipinski definition) is 5. The molecule has 0 spiro atoms. The third-order valence-corrected chi connectivity index (χ3v) is 4.97. The second-order valence-electron chi connectivity index (χ2n) is 7.23. The highest BCUT2D eigenvalue weighted by atomic mass is 16.5. The molecule has 0 fully saturated rings. The molecule has 5 heteroatoms. The summed E-state index contributed by atoms with van der Waals surface area (Å²) < 4.78 is 17.3. The number of nitrogens with zero attached hydrogens (tertiary/aromatic N) is 1. The summed E-state index contributed by atoms with van der Waals surface area (Å²) in [7, 11) is 0. The molecule has 0 saturated heterocycles. The maximum Gasteiger partial charge on any atom is 0.193 e. The number of hydrogen-bond donors (Lipinski definition) is 0. The fourth-order valence-electron chi connectivity index (χ4n) is 3.34. The van der Waals surface area contributed by atoms with Crippen molar-refractivity contribution in [3.05, 3.63) is 94.9 Å². The summed E-state index contributed by atoms with van der Waals surface area (Å²) in [5.74, 6) is 1.30. The first-order chi connectivity index (χ1) is 15.3. The van der Waals surface area contributed by atoms with Crippen LogP contribution in [-0.4, -0.2) is 24.8 Å². The highest BCUT2D eigenvalue weighted by Gasteiger charge is 2.07. The SMILES string of the molecule is O=c1cc(-c2ccc(OCCOCCCCc3ccccn3)cc2)oc2ccccc12. The van der Waals surface area contributed by atoms with Crippen LogP contribution in [0.3, 0.4) is 0 Å². The number of unbranched alkanes of at least 4 members (excludes halogenated alkanes) is 1. The lowest BCUT2D eigenvalue weighted by molar-refractivity contribution is 0.0974. The number of aryl methyl sites for hydroxylation is 1. The smallest absolute Gasteiger partial charge is 0.193 e. The van der Waals surface area contributed by atoms with Crippen LogP contribution in [0.5, 0.6) is 5.75 Å². The summed E-state index contributed by atoms with van der Waals surface area (Å²) >= 11 is 0. The molecule has 4 rings (SSSR count). The third kappa shape index (κ3) is 5.80. The van der Waals surface area contributed by atoms with E-state index in [1.807, 2.05) is 60.8 Å². The lowest BCUT2D eigenvalue weighted by atomic mass is 10.1. The van der Waals surface area contributed by atoms with Gasteiger partial charge in [0.05, 0.1) is 12.0 Å². The zero-order valence-electron chi connectivity index (χ0n) is 17.3. The minimum Gasteiger partial charge on any atom is -0.491 e. The Morgan fingerprint density at radius 3 is 2.52 bits per heavy atom. The van der Waals surface area contributed by atoms with E-state index in [2.05, 4.69) is 4.98 Å². The first-order valence-corrected chi connectivity index (χ1v) is 10.5. The molecule has 0 aliphatic heterocycles. The minimum absolute atomic E-state index is 0.0469. The molecular weight excluding hydrogens is 390 g/mol. The van der Waals surface area contributed by atoms with Gasteiger partial charge < -0.3 is 13.9 Å². The van der Waals surface area contributed by atoms with Crippen molar-refractivity contribution in [2.24, 2.45) is 0 Å². The Bertz CT molecular complexity index is 1150. The van der Waals surface area contributed by atoms with Crippen LogP contribution >= 0.6 is 0 Å². The Kier molecular flexibility index (Phi) is 7.08. The average molecular weight is 415 g/mol. The van der Waals surface area contributed by atoms with E-state index < -0.39 is 0 Å². The van der Waals surface area contributed by atoms with Crippen LogP contribution in [0.15, 0.2) is 88.2 Å². The van der Waals surface area contributed by atoms with Crippen molar-refractivity contribution in [2.45, 2.75) is 19.3 Å². The molecule has 2 aromatic heterocycles. The Labute approximate surface area is 181 Å². The van der Waals surface area contributed by atoms with Crippen molar-refractivity contribution in [3.8, 4) is 17.1 Å². The maximum atomic E-state index is 12.3. The van der Waals surface area contributed by atoms with Crippen LogP contribution in [-0.2, 0) is 11.2 Å². The van der Waals surface area contributed by atoms with Gasteiger partial charge in [0.2, 0.25) is 0 Å². The van der Waals surface area contributed by atoms with E-state index >= 15 is 0 Å². The third-order valence-electron chi connectivity index (χ3n) is 4.97. The molecule has 0 bridgehead atoms. The summed E-state index contributed by atoms with van der Waals surface area (Å²) in [4.78, 5) is 16.6. The van der Waals surface area contributed by atoms with Crippen LogP contribution in [0.2, 0.25) is 0 Å². The van der Waals surface area contributed by atoms with Crippen molar-refractivity contribution in [3.63, 3.8) is 0 Å². The minimum atomic E-state index is -0.0469. The molecule has 0 saturated carbocycles. The fraction of sp³-hybridized carbons (Fsp3) is 0.231.